The van der Waals surface area contributed by atoms with E-state index in [-0.39, 0.29) is 12.2 Å². The Morgan fingerprint density at radius 3 is 2.41 bits per heavy atom. The number of esters is 1. The predicted molar refractivity (Wildman–Crippen MR) is 176 cm³/mol. The number of furan rings is 1. The minimum absolute atomic E-state index is 0.182. The topological polar surface area (TPSA) is 83.0 Å². The molecule has 0 fully saturated rings. The number of fused-ring (bicyclic) bond motifs is 1. The molecule has 0 amide bonds. The number of nitrogens with zero attached hydrogens (tertiary/aromatic N) is 2. The van der Waals surface area contributed by atoms with Gasteiger partial charge in [0.1, 0.15) is 11.5 Å². The van der Waals surface area contributed by atoms with Crippen molar-refractivity contribution in [1.29, 1.82) is 0 Å². The molecule has 0 bridgehead atoms. The summed E-state index contributed by atoms with van der Waals surface area (Å²) in [6.07, 6.45) is 1.72. The number of ether oxygens (including phenoxy) is 2. The van der Waals surface area contributed by atoms with Crippen LogP contribution < -0.4 is 19.6 Å². The van der Waals surface area contributed by atoms with Gasteiger partial charge < -0.3 is 13.9 Å². The summed E-state index contributed by atoms with van der Waals surface area (Å²) in [6.45, 7) is 4.38. The third-order valence-electron chi connectivity index (χ3n) is 6.78. The van der Waals surface area contributed by atoms with E-state index >= 15 is 0 Å². The molecule has 10 heteroatoms. The SMILES string of the molecule is CCOC(=O)C1=C(c2ccccc2)N=c2s/c(=C/c3cc(Br)c(Sc4ccccc4)o3)c(=O)n2[C@H]1c1ccc(OCC)cc1. The molecule has 1 atom stereocenters. The summed E-state index contributed by atoms with van der Waals surface area (Å²) in [5.41, 5.74) is 1.96. The van der Waals surface area contributed by atoms with Crippen molar-refractivity contribution < 1.29 is 18.7 Å². The molecule has 0 spiro atoms. The number of rotatable bonds is 9. The number of hydrogen-bond donors (Lipinski definition) is 0. The van der Waals surface area contributed by atoms with Crippen LogP contribution in [-0.4, -0.2) is 23.8 Å². The molecular formula is C34H27BrN2O5S2. The summed E-state index contributed by atoms with van der Waals surface area (Å²) in [6, 6.07) is 27.9. The minimum atomic E-state index is -0.772. The van der Waals surface area contributed by atoms with Gasteiger partial charge in [0.2, 0.25) is 0 Å². The Balaban J connectivity index is 1.53. The fourth-order valence-electron chi connectivity index (χ4n) is 4.90. The summed E-state index contributed by atoms with van der Waals surface area (Å²) in [5.74, 6) is 0.688. The third-order valence-corrected chi connectivity index (χ3v) is 9.61. The van der Waals surface area contributed by atoms with E-state index in [2.05, 4.69) is 15.9 Å². The van der Waals surface area contributed by atoms with Gasteiger partial charge in [0, 0.05) is 16.5 Å². The van der Waals surface area contributed by atoms with Crippen LogP contribution in [-0.2, 0) is 9.53 Å². The number of halogens is 1. The van der Waals surface area contributed by atoms with Gasteiger partial charge in [-0.2, -0.15) is 0 Å². The van der Waals surface area contributed by atoms with Gasteiger partial charge in [0.05, 0.1) is 39.5 Å². The third kappa shape index (κ3) is 6.10. The first kappa shape index (κ1) is 29.9. The van der Waals surface area contributed by atoms with Crippen LogP contribution in [0.3, 0.4) is 0 Å². The Labute approximate surface area is 270 Å². The fraction of sp³-hybridized carbons (Fsp3) is 0.147. The molecule has 0 unspecified atom stereocenters. The van der Waals surface area contributed by atoms with Crippen LogP contribution in [0, 0.1) is 0 Å². The maximum absolute atomic E-state index is 14.1. The van der Waals surface area contributed by atoms with Gasteiger partial charge in [-0.1, -0.05) is 83.8 Å². The highest BCUT2D eigenvalue weighted by Gasteiger charge is 2.35. The molecule has 2 aromatic heterocycles. The summed E-state index contributed by atoms with van der Waals surface area (Å²) >= 11 is 6.32. The van der Waals surface area contributed by atoms with E-state index < -0.39 is 12.0 Å². The van der Waals surface area contributed by atoms with Crippen molar-refractivity contribution in [2.24, 2.45) is 4.99 Å². The Kier molecular flexibility index (Phi) is 9.02. The van der Waals surface area contributed by atoms with Gasteiger partial charge in [-0.3, -0.25) is 9.36 Å². The Morgan fingerprint density at radius 2 is 1.73 bits per heavy atom. The monoisotopic (exact) mass is 686 g/mol. The maximum Gasteiger partial charge on any atom is 0.338 e. The molecule has 5 aromatic rings. The summed E-state index contributed by atoms with van der Waals surface area (Å²) < 4.78 is 20.1. The van der Waals surface area contributed by atoms with Crippen LogP contribution in [0.25, 0.3) is 11.8 Å². The van der Waals surface area contributed by atoms with Crippen molar-refractivity contribution in [2.45, 2.75) is 29.9 Å². The van der Waals surface area contributed by atoms with E-state index in [0.29, 0.717) is 43.8 Å². The largest absolute Gasteiger partial charge is 0.494 e. The van der Waals surface area contributed by atoms with Crippen LogP contribution >= 0.6 is 39.0 Å². The van der Waals surface area contributed by atoms with E-state index in [1.807, 2.05) is 97.9 Å². The number of benzene rings is 3. The Morgan fingerprint density at radius 1 is 1.02 bits per heavy atom. The molecular weight excluding hydrogens is 660 g/mol. The van der Waals surface area contributed by atoms with Crippen LogP contribution in [0.2, 0.25) is 0 Å². The first-order valence-electron chi connectivity index (χ1n) is 14.0. The van der Waals surface area contributed by atoms with Gasteiger partial charge >= 0.3 is 5.97 Å². The lowest BCUT2D eigenvalue weighted by Gasteiger charge is -2.26. The summed E-state index contributed by atoms with van der Waals surface area (Å²) in [4.78, 5) is 34.2. The highest BCUT2D eigenvalue weighted by atomic mass is 79.9. The zero-order valence-electron chi connectivity index (χ0n) is 23.9. The van der Waals surface area contributed by atoms with Gasteiger partial charge in [-0.05, 0) is 65.7 Å². The lowest BCUT2D eigenvalue weighted by molar-refractivity contribution is -0.138. The lowest BCUT2D eigenvalue weighted by Crippen LogP contribution is -2.40. The zero-order chi connectivity index (χ0) is 30.6. The van der Waals surface area contributed by atoms with E-state index in [0.717, 1.165) is 20.5 Å². The molecule has 6 rings (SSSR count). The fourth-order valence-corrected chi connectivity index (χ4v) is 7.24. The maximum atomic E-state index is 14.1. The second-order valence-electron chi connectivity index (χ2n) is 9.63. The second kappa shape index (κ2) is 13.3. The number of carbonyl (C=O) groups is 1. The normalized spacial score (nSPS) is 14.7. The van der Waals surface area contributed by atoms with Gasteiger partial charge in [0.25, 0.3) is 5.56 Å². The van der Waals surface area contributed by atoms with E-state index in [1.54, 1.807) is 17.6 Å². The molecule has 0 radical (unpaired) electrons. The Bertz CT molecular complexity index is 2010. The molecule has 0 N–H and O–H groups in total. The first-order valence-corrected chi connectivity index (χ1v) is 16.4. The molecule has 1 aliphatic rings. The zero-order valence-corrected chi connectivity index (χ0v) is 27.1. The van der Waals surface area contributed by atoms with Crippen molar-refractivity contribution in [3.8, 4) is 5.75 Å². The van der Waals surface area contributed by atoms with E-state index in [1.165, 1.54) is 23.1 Å². The standard InChI is InChI=1S/C34H27BrN2O5S2/c1-3-40-23-17-15-22(16-18-23)30-28(32(39)41-4-2)29(21-11-7-5-8-12-21)36-34-37(30)31(38)27(44-34)20-24-19-26(35)33(42-24)43-25-13-9-6-10-14-25/h5-20,30H,3-4H2,1-2H3/b27-20+/t30-/m0/s1. The van der Waals surface area contributed by atoms with Crippen LogP contribution in [0.4, 0.5) is 0 Å². The van der Waals surface area contributed by atoms with Gasteiger partial charge in [0.15, 0.2) is 9.89 Å². The summed E-state index contributed by atoms with van der Waals surface area (Å²) in [5, 5.41) is 0.679. The quantitative estimate of drug-likeness (QED) is 0.158. The smallest absolute Gasteiger partial charge is 0.338 e. The molecule has 0 aliphatic carbocycles. The molecule has 7 nitrogen and oxygen atoms in total. The predicted octanol–water partition coefficient (Wildman–Crippen LogP) is 6.84. The van der Waals surface area contributed by atoms with Crippen molar-refractivity contribution in [2.75, 3.05) is 13.2 Å². The van der Waals surface area contributed by atoms with Crippen LogP contribution in [0.15, 0.2) is 125 Å². The average Bonchev–Trinajstić information content (AvgIpc) is 3.55. The van der Waals surface area contributed by atoms with Crippen molar-refractivity contribution in [3.63, 3.8) is 0 Å². The minimum Gasteiger partial charge on any atom is -0.494 e. The van der Waals surface area contributed by atoms with Crippen molar-refractivity contribution in [1.82, 2.24) is 4.57 Å². The van der Waals surface area contributed by atoms with Crippen molar-refractivity contribution >= 4 is 56.8 Å². The van der Waals surface area contributed by atoms with Crippen LogP contribution in [0.5, 0.6) is 5.75 Å². The second-order valence-corrected chi connectivity index (χ2v) is 12.5. The van der Waals surface area contributed by atoms with Crippen molar-refractivity contribution in [3.05, 3.63) is 138 Å². The number of carbonyl (C=O) groups excluding carboxylic acids is 1. The molecule has 1 aliphatic heterocycles. The molecule has 44 heavy (non-hydrogen) atoms. The van der Waals surface area contributed by atoms with E-state index in [4.69, 9.17) is 18.9 Å². The highest BCUT2D eigenvalue weighted by Crippen LogP contribution is 2.37. The molecule has 3 heterocycles. The molecule has 0 saturated carbocycles. The summed E-state index contributed by atoms with van der Waals surface area (Å²) in [7, 11) is 0. The number of hydrogen-bond acceptors (Lipinski definition) is 8. The van der Waals surface area contributed by atoms with Gasteiger partial charge in [-0.15, -0.1) is 0 Å². The number of aromatic nitrogens is 1. The molecule has 3 aromatic carbocycles. The Hall–Kier alpha value is -4.12. The highest BCUT2D eigenvalue weighted by molar-refractivity contribution is 9.10. The first-order chi connectivity index (χ1) is 21.5. The van der Waals surface area contributed by atoms with E-state index in [9.17, 15) is 9.59 Å². The molecule has 0 saturated heterocycles. The number of thiazole rings is 1. The average molecular weight is 688 g/mol. The molecule has 222 valence electrons. The van der Waals surface area contributed by atoms with Crippen LogP contribution in [0.1, 0.15) is 36.8 Å². The lowest BCUT2D eigenvalue weighted by atomic mass is 9.93. The van der Waals surface area contributed by atoms with Gasteiger partial charge in [-0.25, -0.2) is 9.79 Å².